The van der Waals surface area contributed by atoms with Crippen molar-refractivity contribution in [3.63, 3.8) is 0 Å². The number of nitro groups is 3. The molecule has 0 amide bonds. The minimum Gasteiger partial charge on any atom is -0.550 e. The SMILES string of the molecule is C[SiH2]Oc1cc(Oc2cc(Oc3cc(C)cc(-c4ccc([N+](=O)[O-])cc4)c3)cc(-c3ccc([N+](=O)[O-])cc3)c2)cc(-c2ccc([N+](=O)[O-])cc2)c1. The molecule has 0 unspecified atom stereocenters. The van der Waals surface area contributed by atoms with Gasteiger partial charge in [-0.1, -0.05) is 6.07 Å². The van der Waals surface area contributed by atoms with Gasteiger partial charge in [0, 0.05) is 48.5 Å². The van der Waals surface area contributed by atoms with Crippen LogP contribution >= 0.6 is 0 Å². The van der Waals surface area contributed by atoms with Gasteiger partial charge in [0.05, 0.1) is 14.8 Å². The summed E-state index contributed by atoms with van der Waals surface area (Å²) in [5, 5.41) is 33.7. The lowest BCUT2D eigenvalue weighted by Crippen LogP contribution is -1.97. The van der Waals surface area contributed by atoms with Gasteiger partial charge >= 0.3 is 0 Å². The van der Waals surface area contributed by atoms with Gasteiger partial charge < -0.3 is 13.9 Å². The average molecular weight is 700 g/mol. The van der Waals surface area contributed by atoms with Crippen molar-refractivity contribution >= 4 is 26.8 Å². The maximum Gasteiger partial charge on any atom is 0.269 e. The second kappa shape index (κ2) is 14.7. The number of hydrogen-bond acceptors (Lipinski definition) is 9. The largest absolute Gasteiger partial charge is 0.550 e. The van der Waals surface area contributed by atoms with Crippen molar-refractivity contribution in [2.45, 2.75) is 13.5 Å². The fourth-order valence-electron chi connectivity index (χ4n) is 5.48. The van der Waals surface area contributed by atoms with E-state index >= 15 is 0 Å². The third-order valence-corrected chi connectivity index (χ3v) is 8.45. The summed E-state index contributed by atoms with van der Waals surface area (Å²) in [5.74, 6) is 2.39. The minimum absolute atomic E-state index is 0.00722. The number of nitrogens with zero attached hydrogens (tertiary/aromatic N) is 3. The Balaban J connectivity index is 1.38. The lowest BCUT2D eigenvalue weighted by molar-refractivity contribution is -0.385. The van der Waals surface area contributed by atoms with Crippen LogP contribution in [0.15, 0.2) is 127 Å². The first-order valence-corrected chi connectivity index (χ1v) is 17.7. The maximum atomic E-state index is 11.3. The van der Waals surface area contributed by atoms with E-state index in [0.717, 1.165) is 27.8 Å². The third-order valence-electron chi connectivity index (χ3n) is 7.83. The van der Waals surface area contributed by atoms with Crippen LogP contribution in [0.25, 0.3) is 33.4 Å². The second-order valence-electron chi connectivity index (χ2n) is 11.5. The Kier molecular flexibility index (Phi) is 9.82. The van der Waals surface area contributed by atoms with Gasteiger partial charge in [0.25, 0.3) is 17.1 Å². The van der Waals surface area contributed by atoms with E-state index < -0.39 is 24.5 Å². The lowest BCUT2D eigenvalue weighted by Gasteiger charge is -2.15. The van der Waals surface area contributed by atoms with E-state index in [9.17, 15) is 30.3 Å². The lowest BCUT2D eigenvalue weighted by atomic mass is 10.0. The molecule has 0 aromatic heterocycles. The monoisotopic (exact) mass is 699 g/mol. The number of aryl methyl sites for hydroxylation is 1. The molecule has 6 rings (SSSR count). The van der Waals surface area contributed by atoms with Crippen molar-refractivity contribution < 1.29 is 28.7 Å². The third kappa shape index (κ3) is 8.24. The van der Waals surface area contributed by atoms with Gasteiger partial charge in [0.1, 0.15) is 28.7 Å². The normalized spacial score (nSPS) is 10.9. The van der Waals surface area contributed by atoms with E-state index in [-0.39, 0.29) is 17.1 Å². The van der Waals surface area contributed by atoms with Crippen molar-refractivity contribution in [3.05, 3.63) is 163 Å². The van der Waals surface area contributed by atoms with Crippen LogP contribution in [-0.2, 0) is 0 Å². The van der Waals surface area contributed by atoms with Gasteiger partial charge in [-0.15, -0.1) is 0 Å². The number of benzene rings is 6. The van der Waals surface area contributed by atoms with Gasteiger partial charge in [-0.2, -0.15) is 0 Å². The summed E-state index contributed by atoms with van der Waals surface area (Å²) in [6.45, 7) is 3.91. The quantitative estimate of drug-likeness (QED) is 0.0689. The molecular weight excluding hydrogens is 671 g/mol. The molecule has 0 aliphatic heterocycles. The molecule has 0 atom stereocenters. The van der Waals surface area contributed by atoms with Crippen molar-refractivity contribution in [2.24, 2.45) is 0 Å². The second-order valence-corrected chi connectivity index (χ2v) is 12.3. The molecular formula is C38H29N3O9Si. The Morgan fingerprint density at radius 3 is 1.10 bits per heavy atom. The molecule has 0 aliphatic carbocycles. The van der Waals surface area contributed by atoms with Crippen molar-refractivity contribution in [2.75, 3.05) is 0 Å². The molecule has 6 aromatic carbocycles. The Morgan fingerprint density at radius 1 is 0.431 bits per heavy atom. The zero-order valence-electron chi connectivity index (χ0n) is 27.3. The zero-order chi connectivity index (χ0) is 36.1. The van der Waals surface area contributed by atoms with E-state index in [4.69, 9.17) is 13.9 Å². The van der Waals surface area contributed by atoms with E-state index in [1.165, 1.54) is 36.4 Å². The van der Waals surface area contributed by atoms with E-state index in [1.54, 1.807) is 66.7 Å². The van der Waals surface area contributed by atoms with E-state index in [0.29, 0.717) is 39.9 Å². The molecule has 0 saturated heterocycles. The summed E-state index contributed by atoms with van der Waals surface area (Å²) in [6, 6.07) is 35.0. The summed E-state index contributed by atoms with van der Waals surface area (Å²) >= 11 is 0. The first-order valence-electron chi connectivity index (χ1n) is 15.7. The summed E-state index contributed by atoms with van der Waals surface area (Å²) in [7, 11) is -0.849. The first kappa shape index (κ1) is 34.0. The molecule has 254 valence electrons. The van der Waals surface area contributed by atoms with Crippen LogP contribution in [0.1, 0.15) is 5.56 Å². The number of rotatable bonds is 12. The smallest absolute Gasteiger partial charge is 0.269 e. The summed E-state index contributed by atoms with van der Waals surface area (Å²) in [6.07, 6.45) is 0. The highest BCUT2D eigenvalue weighted by atomic mass is 28.2. The molecule has 0 N–H and O–H groups in total. The number of nitro benzene ring substituents is 3. The highest BCUT2D eigenvalue weighted by molar-refractivity contribution is 6.26. The van der Waals surface area contributed by atoms with Gasteiger partial charge in [-0.05, 0) is 125 Å². The molecule has 12 nitrogen and oxygen atoms in total. The summed E-state index contributed by atoms with van der Waals surface area (Å²) in [4.78, 5) is 32.3. The Morgan fingerprint density at radius 2 is 0.745 bits per heavy atom. The molecule has 0 spiro atoms. The predicted octanol–water partition coefficient (Wildman–Crippen LogP) is 9.82. The fourth-order valence-corrected chi connectivity index (χ4v) is 5.98. The first-order chi connectivity index (χ1) is 24.5. The average Bonchev–Trinajstić information content (AvgIpc) is 3.11. The number of non-ortho nitro benzene ring substituents is 3. The van der Waals surface area contributed by atoms with Gasteiger partial charge in [-0.3, -0.25) is 30.3 Å². The topological polar surface area (TPSA) is 157 Å². The van der Waals surface area contributed by atoms with Crippen molar-refractivity contribution in [1.29, 1.82) is 0 Å². The summed E-state index contributed by atoms with van der Waals surface area (Å²) < 4.78 is 18.8. The van der Waals surface area contributed by atoms with Crippen LogP contribution in [0.2, 0.25) is 6.55 Å². The Labute approximate surface area is 293 Å². The Bertz CT molecular complexity index is 2260. The fraction of sp³-hybridized carbons (Fsp3) is 0.0526. The number of ether oxygens (including phenoxy) is 2. The van der Waals surface area contributed by atoms with Crippen molar-refractivity contribution in [1.82, 2.24) is 0 Å². The van der Waals surface area contributed by atoms with Crippen LogP contribution in [0.4, 0.5) is 17.1 Å². The van der Waals surface area contributed by atoms with Crippen LogP contribution < -0.4 is 13.9 Å². The molecule has 0 saturated carbocycles. The predicted molar refractivity (Wildman–Crippen MR) is 196 cm³/mol. The molecule has 0 fully saturated rings. The van der Waals surface area contributed by atoms with Crippen LogP contribution in [0.5, 0.6) is 28.7 Å². The maximum absolute atomic E-state index is 11.3. The molecule has 13 heteroatoms. The van der Waals surface area contributed by atoms with Crippen molar-refractivity contribution in [3.8, 4) is 62.1 Å². The minimum atomic E-state index is -0.849. The number of hydrogen-bond donors (Lipinski definition) is 0. The van der Waals surface area contributed by atoms with E-state index in [1.807, 2.05) is 37.7 Å². The zero-order valence-corrected chi connectivity index (χ0v) is 28.8. The highest BCUT2D eigenvalue weighted by Gasteiger charge is 2.14. The molecule has 6 aromatic rings. The van der Waals surface area contributed by atoms with Gasteiger partial charge in [0.15, 0.2) is 0 Å². The molecule has 0 heterocycles. The standard InChI is InChI=1S/C38H29N3O9Si/c1-24-15-28(25-3-9-31(10-4-25)39(42)43)17-34(16-24)48-35-18-29(26-5-11-32(12-6-26)40(44)45)19-36(22-35)49-37-20-30(21-38(23-37)50-51-2)27-7-13-33(14-8-27)41(46)47/h3-23H,51H2,1-2H3. The van der Waals surface area contributed by atoms with Crippen LogP contribution in [0, 0.1) is 37.3 Å². The molecule has 0 bridgehead atoms. The van der Waals surface area contributed by atoms with Gasteiger partial charge in [-0.25, -0.2) is 0 Å². The molecule has 0 aliphatic rings. The molecule has 51 heavy (non-hydrogen) atoms. The highest BCUT2D eigenvalue weighted by Crippen LogP contribution is 2.39. The van der Waals surface area contributed by atoms with E-state index in [2.05, 4.69) is 0 Å². The van der Waals surface area contributed by atoms with Crippen LogP contribution in [-0.4, -0.2) is 24.5 Å². The molecule has 0 radical (unpaired) electrons. The van der Waals surface area contributed by atoms with Crippen LogP contribution in [0.3, 0.4) is 0 Å². The Hall–Kier alpha value is -6.86. The van der Waals surface area contributed by atoms with Gasteiger partial charge in [0.2, 0.25) is 9.76 Å². The summed E-state index contributed by atoms with van der Waals surface area (Å²) in [5.41, 5.74) is 5.24.